The van der Waals surface area contributed by atoms with Gasteiger partial charge in [-0.15, -0.1) is 0 Å². The quantitative estimate of drug-likeness (QED) is 0.411. The maximum atomic E-state index is 12.9. The first-order chi connectivity index (χ1) is 15.4. The van der Waals surface area contributed by atoms with Gasteiger partial charge in [0, 0.05) is 11.9 Å². The summed E-state index contributed by atoms with van der Waals surface area (Å²) in [5.74, 6) is 0.912. The molecule has 1 amide bonds. The number of aromatic nitrogens is 3. The second-order valence-corrected chi connectivity index (χ2v) is 8.05. The van der Waals surface area contributed by atoms with Gasteiger partial charge in [0.2, 0.25) is 0 Å². The molecule has 4 aromatic rings. The summed E-state index contributed by atoms with van der Waals surface area (Å²) in [6.07, 6.45) is 3.33. The SMILES string of the molecule is Cc1ccc(OCc2c(C(=O)Nc3cccc(Cn4cc(Cl)cn4)c3)noc2C)cc1C. The molecule has 0 aliphatic carbocycles. The Morgan fingerprint density at radius 3 is 2.75 bits per heavy atom. The normalized spacial score (nSPS) is 10.9. The summed E-state index contributed by atoms with van der Waals surface area (Å²) in [5, 5.41) is 11.6. The number of carbonyl (C=O) groups is 1. The summed E-state index contributed by atoms with van der Waals surface area (Å²) in [4.78, 5) is 12.9. The zero-order chi connectivity index (χ0) is 22.7. The number of rotatable bonds is 7. The minimum Gasteiger partial charge on any atom is -0.489 e. The Kier molecular flexibility index (Phi) is 6.28. The molecule has 0 radical (unpaired) electrons. The second-order valence-electron chi connectivity index (χ2n) is 7.61. The smallest absolute Gasteiger partial charge is 0.278 e. The highest BCUT2D eigenvalue weighted by atomic mass is 35.5. The highest BCUT2D eigenvalue weighted by Crippen LogP contribution is 2.22. The molecule has 0 bridgehead atoms. The van der Waals surface area contributed by atoms with Crippen LogP contribution in [-0.4, -0.2) is 20.8 Å². The van der Waals surface area contributed by atoms with E-state index in [1.54, 1.807) is 24.0 Å². The van der Waals surface area contributed by atoms with Crippen molar-refractivity contribution in [3.63, 3.8) is 0 Å². The zero-order valence-corrected chi connectivity index (χ0v) is 18.8. The van der Waals surface area contributed by atoms with E-state index in [0.29, 0.717) is 28.6 Å². The Morgan fingerprint density at radius 1 is 1.16 bits per heavy atom. The van der Waals surface area contributed by atoms with E-state index in [9.17, 15) is 4.79 Å². The number of aryl methyl sites for hydroxylation is 3. The lowest BCUT2D eigenvalue weighted by Gasteiger charge is -2.10. The number of benzene rings is 2. The fraction of sp³-hybridized carbons (Fsp3) is 0.208. The Hall–Kier alpha value is -3.58. The van der Waals surface area contributed by atoms with Crippen molar-refractivity contribution in [1.29, 1.82) is 0 Å². The average Bonchev–Trinajstić information content (AvgIpc) is 3.34. The van der Waals surface area contributed by atoms with Gasteiger partial charge in [0.1, 0.15) is 18.1 Å². The van der Waals surface area contributed by atoms with Crippen molar-refractivity contribution in [3.05, 3.63) is 93.6 Å². The molecule has 0 saturated carbocycles. The lowest BCUT2D eigenvalue weighted by Crippen LogP contribution is -2.15. The summed E-state index contributed by atoms with van der Waals surface area (Å²) in [6.45, 7) is 6.56. The van der Waals surface area contributed by atoms with Crippen LogP contribution in [0.25, 0.3) is 0 Å². The van der Waals surface area contributed by atoms with E-state index >= 15 is 0 Å². The molecule has 0 aliphatic rings. The molecule has 2 aromatic heterocycles. The van der Waals surface area contributed by atoms with Crippen LogP contribution in [-0.2, 0) is 13.2 Å². The van der Waals surface area contributed by atoms with E-state index in [1.165, 1.54) is 5.56 Å². The lowest BCUT2D eigenvalue weighted by molar-refractivity contribution is 0.101. The number of halogens is 1. The lowest BCUT2D eigenvalue weighted by atomic mass is 10.1. The van der Waals surface area contributed by atoms with Crippen molar-refractivity contribution in [1.82, 2.24) is 14.9 Å². The Morgan fingerprint density at radius 2 is 2.00 bits per heavy atom. The van der Waals surface area contributed by atoms with E-state index in [-0.39, 0.29) is 18.2 Å². The molecular formula is C24H23ClN4O3. The van der Waals surface area contributed by atoms with Gasteiger partial charge in [-0.25, -0.2) is 0 Å². The number of ether oxygens (including phenoxy) is 1. The molecule has 0 aliphatic heterocycles. The van der Waals surface area contributed by atoms with Crippen LogP contribution in [0.5, 0.6) is 5.75 Å². The molecule has 0 saturated heterocycles. The maximum Gasteiger partial charge on any atom is 0.278 e. The first-order valence-electron chi connectivity index (χ1n) is 10.1. The van der Waals surface area contributed by atoms with Crippen LogP contribution in [0.15, 0.2) is 59.4 Å². The number of nitrogens with one attached hydrogen (secondary N) is 1. The van der Waals surface area contributed by atoms with Crippen LogP contribution >= 0.6 is 11.6 Å². The van der Waals surface area contributed by atoms with Crippen molar-refractivity contribution >= 4 is 23.2 Å². The van der Waals surface area contributed by atoms with Crippen LogP contribution in [0.3, 0.4) is 0 Å². The molecule has 0 fully saturated rings. The topological polar surface area (TPSA) is 82.2 Å². The molecule has 0 atom stereocenters. The molecule has 8 heteroatoms. The van der Waals surface area contributed by atoms with Crippen molar-refractivity contribution in [2.75, 3.05) is 5.32 Å². The second kappa shape index (κ2) is 9.28. The maximum absolute atomic E-state index is 12.9. The van der Waals surface area contributed by atoms with Gasteiger partial charge < -0.3 is 14.6 Å². The van der Waals surface area contributed by atoms with Crippen molar-refractivity contribution in [2.24, 2.45) is 0 Å². The van der Waals surface area contributed by atoms with Crippen LogP contribution in [0.1, 0.15) is 38.5 Å². The summed E-state index contributed by atoms with van der Waals surface area (Å²) in [7, 11) is 0. The van der Waals surface area contributed by atoms with E-state index in [4.69, 9.17) is 20.9 Å². The van der Waals surface area contributed by atoms with Crippen LogP contribution in [0, 0.1) is 20.8 Å². The fourth-order valence-corrected chi connectivity index (χ4v) is 3.40. The highest BCUT2D eigenvalue weighted by Gasteiger charge is 2.21. The van der Waals surface area contributed by atoms with Crippen LogP contribution < -0.4 is 10.1 Å². The molecule has 164 valence electrons. The molecule has 4 rings (SSSR count). The van der Waals surface area contributed by atoms with Crippen molar-refractivity contribution < 1.29 is 14.1 Å². The average molecular weight is 451 g/mol. The Bertz CT molecular complexity index is 1260. The predicted octanol–water partition coefficient (Wildman–Crippen LogP) is 5.33. The Labute approximate surface area is 190 Å². The largest absolute Gasteiger partial charge is 0.489 e. The van der Waals surface area contributed by atoms with Gasteiger partial charge in [0.15, 0.2) is 5.69 Å². The molecule has 0 spiro atoms. The van der Waals surface area contributed by atoms with Gasteiger partial charge in [-0.2, -0.15) is 5.10 Å². The molecular weight excluding hydrogens is 428 g/mol. The summed E-state index contributed by atoms with van der Waals surface area (Å²) in [6, 6.07) is 13.4. The van der Waals surface area contributed by atoms with Gasteiger partial charge in [0.05, 0.1) is 23.3 Å². The van der Waals surface area contributed by atoms with Gasteiger partial charge in [0.25, 0.3) is 5.91 Å². The van der Waals surface area contributed by atoms with E-state index in [0.717, 1.165) is 16.9 Å². The van der Waals surface area contributed by atoms with Crippen LogP contribution in [0.2, 0.25) is 5.02 Å². The molecule has 2 aromatic carbocycles. The zero-order valence-electron chi connectivity index (χ0n) is 18.1. The minimum atomic E-state index is -0.361. The third kappa shape index (κ3) is 5.00. The number of amides is 1. The molecule has 7 nitrogen and oxygen atoms in total. The molecule has 2 heterocycles. The first-order valence-corrected chi connectivity index (χ1v) is 10.5. The fourth-order valence-electron chi connectivity index (χ4n) is 3.25. The number of hydrogen-bond donors (Lipinski definition) is 1. The molecule has 32 heavy (non-hydrogen) atoms. The Balaban J connectivity index is 1.46. The van der Waals surface area contributed by atoms with Crippen LogP contribution in [0.4, 0.5) is 5.69 Å². The van der Waals surface area contributed by atoms with Crippen molar-refractivity contribution in [3.8, 4) is 5.75 Å². The van der Waals surface area contributed by atoms with Gasteiger partial charge in [-0.1, -0.05) is 35.0 Å². The minimum absolute atomic E-state index is 0.181. The van der Waals surface area contributed by atoms with Gasteiger partial charge in [-0.3, -0.25) is 9.48 Å². The third-order valence-corrected chi connectivity index (χ3v) is 5.39. The molecule has 1 N–H and O–H groups in total. The highest BCUT2D eigenvalue weighted by molar-refractivity contribution is 6.30. The summed E-state index contributed by atoms with van der Waals surface area (Å²) >= 11 is 5.92. The number of hydrogen-bond acceptors (Lipinski definition) is 5. The molecule has 0 unspecified atom stereocenters. The van der Waals surface area contributed by atoms with E-state index in [1.807, 2.05) is 56.3 Å². The number of anilines is 1. The van der Waals surface area contributed by atoms with E-state index in [2.05, 4.69) is 15.6 Å². The predicted molar refractivity (Wildman–Crippen MR) is 122 cm³/mol. The van der Waals surface area contributed by atoms with Gasteiger partial charge >= 0.3 is 0 Å². The van der Waals surface area contributed by atoms with Gasteiger partial charge in [-0.05, 0) is 61.7 Å². The number of nitrogens with zero attached hydrogens (tertiary/aromatic N) is 3. The standard InChI is InChI=1S/C24H23ClN4O3/c1-15-7-8-21(9-16(15)2)31-14-22-17(3)32-28-23(22)24(30)27-20-6-4-5-18(10-20)12-29-13-19(25)11-26-29/h4-11,13H,12,14H2,1-3H3,(H,27,30). The van der Waals surface area contributed by atoms with E-state index < -0.39 is 0 Å². The summed E-state index contributed by atoms with van der Waals surface area (Å²) < 4.78 is 12.9. The number of carbonyl (C=O) groups excluding carboxylic acids is 1. The van der Waals surface area contributed by atoms with Crippen molar-refractivity contribution in [2.45, 2.75) is 33.9 Å². The third-order valence-electron chi connectivity index (χ3n) is 5.19. The monoisotopic (exact) mass is 450 g/mol. The summed E-state index contributed by atoms with van der Waals surface area (Å²) in [5.41, 5.74) is 4.76. The first kappa shape index (κ1) is 21.6.